The summed E-state index contributed by atoms with van der Waals surface area (Å²) in [6, 6.07) is 37.6. The zero-order valence-corrected chi connectivity index (χ0v) is 22.3. The molecule has 0 spiro atoms. The highest BCUT2D eigenvalue weighted by Crippen LogP contribution is 2.20. The third kappa shape index (κ3) is 7.13. The van der Waals surface area contributed by atoms with Gasteiger partial charge in [0.25, 0.3) is 23.6 Å². The summed E-state index contributed by atoms with van der Waals surface area (Å²) in [4.78, 5) is 50.9. The molecule has 0 heterocycles. The Morgan fingerprint density at radius 2 is 0.595 bits per heavy atom. The van der Waals surface area contributed by atoms with Crippen LogP contribution in [0.5, 0.6) is 0 Å². The molecule has 0 aliphatic heterocycles. The van der Waals surface area contributed by atoms with Gasteiger partial charge in [0.05, 0.1) is 0 Å². The quantitative estimate of drug-likeness (QED) is 0.171. The second-order valence-electron chi connectivity index (χ2n) is 9.29. The lowest BCUT2D eigenvalue weighted by atomic mass is 10.1. The summed E-state index contributed by atoms with van der Waals surface area (Å²) in [7, 11) is 0. The van der Waals surface area contributed by atoms with Crippen molar-refractivity contribution >= 4 is 46.4 Å². The van der Waals surface area contributed by atoms with Gasteiger partial charge < -0.3 is 21.3 Å². The molecule has 0 saturated carbocycles. The summed E-state index contributed by atoms with van der Waals surface area (Å²) >= 11 is 0. The minimum absolute atomic E-state index is 0.262. The van der Waals surface area contributed by atoms with Crippen molar-refractivity contribution in [1.82, 2.24) is 0 Å². The van der Waals surface area contributed by atoms with Crippen LogP contribution in [0.25, 0.3) is 0 Å². The molecule has 4 N–H and O–H groups in total. The monoisotopic (exact) mass is 554 g/mol. The van der Waals surface area contributed by atoms with Crippen LogP contribution >= 0.6 is 0 Å². The van der Waals surface area contributed by atoms with Gasteiger partial charge in [-0.25, -0.2) is 0 Å². The van der Waals surface area contributed by atoms with E-state index in [4.69, 9.17) is 0 Å². The van der Waals surface area contributed by atoms with E-state index in [1.807, 2.05) is 12.1 Å². The number of anilines is 4. The number of hydrogen-bond acceptors (Lipinski definition) is 4. The summed E-state index contributed by atoms with van der Waals surface area (Å²) in [6.07, 6.45) is 0. The van der Waals surface area contributed by atoms with Crippen LogP contribution in [0.3, 0.4) is 0 Å². The van der Waals surface area contributed by atoms with Crippen LogP contribution in [-0.4, -0.2) is 23.6 Å². The van der Waals surface area contributed by atoms with Gasteiger partial charge in [0.15, 0.2) is 0 Å². The van der Waals surface area contributed by atoms with Crippen molar-refractivity contribution in [2.75, 3.05) is 21.3 Å². The number of benzene rings is 5. The number of carbonyl (C=O) groups excluding carboxylic acids is 4. The van der Waals surface area contributed by atoms with Gasteiger partial charge in [-0.05, 0) is 78.9 Å². The lowest BCUT2D eigenvalue weighted by Gasteiger charge is -2.11. The number of rotatable bonds is 8. The number of amides is 4. The van der Waals surface area contributed by atoms with Gasteiger partial charge in [-0.15, -0.1) is 0 Å². The van der Waals surface area contributed by atoms with E-state index in [2.05, 4.69) is 21.3 Å². The van der Waals surface area contributed by atoms with E-state index >= 15 is 0 Å². The van der Waals surface area contributed by atoms with Gasteiger partial charge in [-0.3, -0.25) is 19.2 Å². The summed E-state index contributed by atoms with van der Waals surface area (Å²) in [6.45, 7) is 0. The largest absolute Gasteiger partial charge is 0.322 e. The average Bonchev–Trinajstić information content (AvgIpc) is 3.02. The van der Waals surface area contributed by atoms with Crippen LogP contribution in [0.4, 0.5) is 22.7 Å². The topological polar surface area (TPSA) is 116 Å². The van der Waals surface area contributed by atoms with Crippen LogP contribution < -0.4 is 21.3 Å². The molecule has 0 saturated heterocycles. The Bertz CT molecular complexity index is 1630. The number of hydrogen-bond donors (Lipinski definition) is 4. The van der Waals surface area contributed by atoms with Crippen molar-refractivity contribution in [2.24, 2.45) is 0 Å². The summed E-state index contributed by atoms with van der Waals surface area (Å²) in [5.41, 5.74) is 3.62. The minimum atomic E-state index is -0.415. The highest BCUT2D eigenvalue weighted by molar-refractivity contribution is 6.10. The van der Waals surface area contributed by atoms with Crippen LogP contribution in [0.15, 0.2) is 133 Å². The molecule has 5 rings (SSSR count). The van der Waals surface area contributed by atoms with Gasteiger partial charge in [-0.1, -0.05) is 54.6 Å². The van der Waals surface area contributed by atoms with E-state index in [1.165, 1.54) is 6.07 Å². The molecule has 206 valence electrons. The highest BCUT2D eigenvalue weighted by atomic mass is 16.2. The van der Waals surface area contributed by atoms with E-state index < -0.39 is 11.8 Å². The molecule has 0 atom stereocenters. The van der Waals surface area contributed by atoms with Gasteiger partial charge in [0.1, 0.15) is 0 Å². The van der Waals surface area contributed by atoms with Crippen molar-refractivity contribution in [2.45, 2.75) is 0 Å². The van der Waals surface area contributed by atoms with Gasteiger partial charge in [-0.2, -0.15) is 0 Å². The van der Waals surface area contributed by atoms with Crippen molar-refractivity contribution < 1.29 is 19.2 Å². The van der Waals surface area contributed by atoms with Crippen molar-refractivity contribution in [3.05, 3.63) is 156 Å². The first-order valence-corrected chi connectivity index (χ1v) is 13.1. The van der Waals surface area contributed by atoms with Crippen LogP contribution in [0, 0.1) is 0 Å². The Morgan fingerprint density at radius 1 is 0.310 bits per heavy atom. The molecule has 4 amide bonds. The molecule has 8 heteroatoms. The Balaban J connectivity index is 1.22. The maximum atomic E-state index is 13.0. The van der Waals surface area contributed by atoms with Gasteiger partial charge >= 0.3 is 0 Å². The van der Waals surface area contributed by atoms with E-state index in [0.29, 0.717) is 33.9 Å². The van der Waals surface area contributed by atoms with Crippen molar-refractivity contribution in [3.63, 3.8) is 0 Å². The molecule has 0 radical (unpaired) electrons. The molecule has 8 nitrogen and oxygen atoms in total. The maximum Gasteiger partial charge on any atom is 0.255 e. The molecule has 0 aliphatic rings. The zero-order valence-electron chi connectivity index (χ0n) is 22.3. The first kappa shape index (κ1) is 27.5. The lowest BCUT2D eigenvalue weighted by molar-refractivity contribution is 0.101. The third-order valence-electron chi connectivity index (χ3n) is 6.22. The van der Waals surface area contributed by atoms with E-state index in [0.717, 1.165) is 0 Å². The fraction of sp³-hybridized carbons (Fsp3) is 0. The normalized spacial score (nSPS) is 10.3. The average molecular weight is 555 g/mol. The van der Waals surface area contributed by atoms with Crippen LogP contribution in [0.2, 0.25) is 0 Å². The summed E-state index contributed by atoms with van der Waals surface area (Å²) < 4.78 is 0. The fourth-order valence-corrected chi connectivity index (χ4v) is 4.14. The Kier molecular flexibility index (Phi) is 8.45. The Hall–Kier alpha value is -6.02. The smallest absolute Gasteiger partial charge is 0.255 e. The van der Waals surface area contributed by atoms with Gasteiger partial charge in [0, 0.05) is 45.0 Å². The van der Waals surface area contributed by atoms with E-state index in [1.54, 1.807) is 115 Å². The molecular formula is C34H26N4O4. The molecule has 5 aromatic carbocycles. The third-order valence-corrected chi connectivity index (χ3v) is 6.22. The fourth-order valence-electron chi connectivity index (χ4n) is 4.14. The molecule has 42 heavy (non-hydrogen) atoms. The second-order valence-corrected chi connectivity index (χ2v) is 9.29. The molecule has 0 bridgehead atoms. The maximum absolute atomic E-state index is 13.0. The summed E-state index contributed by atoms with van der Waals surface area (Å²) in [5.74, 6) is -1.35. The standard InChI is InChI=1S/C34H26N4O4/c39-31(23-10-3-1-4-11-23)35-27-16-8-18-29(21-27)37-33(41)25-14-7-15-26(20-25)34(42)38-30-19-9-17-28(22-30)36-32(40)24-12-5-2-6-13-24/h1-22H,(H,35,39)(H,36,40)(H,37,41)(H,38,42). The van der Waals surface area contributed by atoms with Crippen LogP contribution in [0.1, 0.15) is 41.4 Å². The van der Waals surface area contributed by atoms with Crippen molar-refractivity contribution in [3.8, 4) is 0 Å². The highest BCUT2D eigenvalue weighted by Gasteiger charge is 2.13. The zero-order chi connectivity index (χ0) is 29.3. The first-order chi connectivity index (χ1) is 20.4. The minimum Gasteiger partial charge on any atom is -0.322 e. The first-order valence-electron chi connectivity index (χ1n) is 13.1. The molecular weight excluding hydrogens is 528 g/mol. The molecule has 0 aliphatic carbocycles. The number of nitrogens with one attached hydrogen (secondary N) is 4. The van der Waals surface area contributed by atoms with Gasteiger partial charge in [0.2, 0.25) is 0 Å². The second kappa shape index (κ2) is 12.9. The molecule has 0 aromatic heterocycles. The Morgan fingerprint density at radius 3 is 0.952 bits per heavy atom. The van der Waals surface area contributed by atoms with E-state index in [-0.39, 0.29) is 22.9 Å². The molecule has 0 unspecified atom stereocenters. The van der Waals surface area contributed by atoms with Crippen molar-refractivity contribution in [1.29, 1.82) is 0 Å². The SMILES string of the molecule is O=C(Nc1cccc(NC(=O)c2cccc(C(=O)Nc3cccc(NC(=O)c4ccccc4)c3)c2)c1)c1ccccc1. The Labute approximate surface area is 242 Å². The van der Waals surface area contributed by atoms with Crippen LogP contribution in [-0.2, 0) is 0 Å². The lowest BCUT2D eigenvalue weighted by Crippen LogP contribution is -2.16. The molecule has 0 fully saturated rings. The molecule has 5 aromatic rings. The predicted molar refractivity (Wildman–Crippen MR) is 164 cm³/mol. The van der Waals surface area contributed by atoms with E-state index in [9.17, 15) is 19.2 Å². The predicted octanol–water partition coefficient (Wildman–Crippen LogP) is 6.70. The number of carbonyl (C=O) groups is 4. The summed E-state index contributed by atoms with van der Waals surface area (Å²) in [5, 5.41) is 11.2.